The molecule has 0 aromatic heterocycles. The van der Waals surface area contributed by atoms with Gasteiger partial charge in [-0.3, -0.25) is 5.32 Å². The molecule has 6 heteroatoms. The highest BCUT2D eigenvalue weighted by Gasteiger charge is 2.31. The largest absolute Gasteiger partial charge is 0.444 e. The average Bonchev–Trinajstić information content (AvgIpc) is 2.14. The first-order valence-electron chi connectivity index (χ1n) is 5.17. The van der Waals surface area contributed by atoms with Gasteiger partial charge < -0.3 is 15.4 Å². The summed E-state index contributed by atoms with van der Waals surface area (Å²) in [6.45, 7) is 8.84. The van der Waals surface area contributed by atoms with E-state index < -0.39 is 23.4 Å². The van der Waals surface area contributed by atoms with Crippen molar-refractivity contribution in [3.05, 3.63) is 24.9 Å². The zero-order valence-electron chi connectivity index (χ0n) is 10.2. The molecule has 0 aromatic carbocycles. The summed E-state index contributed by atoms with van der Waals surface area (Å²) in [5.74, 6) is 0. The van der Waals surface area contributed by atoms with Crippen LogP contribution in [0.15, 0.2) is 24.9 Å². The molecular weight excluding hydrogens is 222 g/mol. The number of urea groups is 1. The van der Waals surface area contributed by atoms with Gasteiger partial charge in [0.2, 0.25) is 0 Å². The maximum Gasteiger partial charge on any atom is 0.410 e. The molecule has 1 atom stereocenters. The predicted molar refractivity (Wildman–Crippen MR) is 63.1 cm³/mol. The van der Waals surface area contributed by atoms with E-state index in [4.69, 9.17) is 4.74 Å². The van der Waals surface area contributed by atoms with E-state index in [1.165, 1.54) is 12.3 Å². The van der Waals surface area contributed by atoms with E-state index in [1.807, 2.05) is 0 Å². The third-order valence-corrected chi connectivity index (χ3v) is 1.91. The second-order valence-electron chi connectivity index (χ2n) is 4.63. The maximum atomic E-state index is 11.6. The standard InChI is InChI=1S/C11H17N3O3/c1-5-11(6-7-12-8(15)13-11)14-9(16)17-10(2,3)4/h5-7H,1H2,2-4H3,(H,14,16)(H2,12,13,15). The number of ether oxygens (including phenoxy) is 1. The van der Waals surface area contributed by atoms with Crippen molar-refractivity contribution in [2.45, 2.75) is 32.0 Å². The van der Waals surface area contributed by atoms with Gasteiger partial charge in [0.1, 0.15) is 5.60 Å². The molecule has 0 spiro atoms. The summed E-state index contributed by atoms with van der Waals surface area (Å²) in [4.78, 5) is 22.8. The lowest BCUT2D eigenvalue weighted by Crippen LogP contribution is -2.62. The molecule has 3 amide bonds. The highest BCUT2D eigenvalue weighted by molar-refractivity contribution is 5.80. The molecule has 0 aromatic rings. The molecule has 1 rings (SSSR count). The minimum absolute atomic E-state index is 0.427. The summed E-state index contributed by atoms with van der Waals surface area (Å²) in [5, 5.41) is 7.48. The van der Waals surface area contributed by atoms with Crippen molar-refractivity contribution >= 4 is 12.1 Å². The summed E-state index contributed by atoms with van der Waals surface area (Å²) in [6, 6.07) is -0.427. The Hall–Kier alpha value is -1.98. The van der Waals surface area contributed by atoms with Crippen LogP contribution in [-0.2, 0) is 4.74 Å². The number of carbonyl (C=O) groups excluding carboxylic acids is 2. The molecule has 0 fully saturated rings. The smallest absolute Gasteiger partial charge is 0.410 e. The lowest BCUT2D eigenvalue weighted by molar-refractivity contribution is 0.0486. The minimum Gasteiger partial charge on any atom is -0.444 e. The first kappa shape index (κ1) is 13.1. The Bertz CT molecular complexity index is 371. The molecule has 1 aliphatic rings. The molecule has 6 nitrogen and oxygen atoms in total. The number of hydrogen-bond acceptors (Lipinski definition) is 3. The summed E-state index contributed by atoms with van der Waals surface area (Å²) in [7, 11) is 0. The summed E-state index contributed by atoms with van der Waals surface area (Å²) in [5.41, 5.74) is -1.72. The Morgan fingerprint density at radius 2 is 2.24 bits per heavy atom. The van der Waals surface area contributed by atoms with Crippen molar-refractivity contribution in [1.29, 1.82) is 0 Å². The number of alkyl carbamates (subject to hydrolysis) is 1. The topological polar surface area (TPSA) is 79.5 Å². The molecule has 0 bridgehead atoms. The van der Waals surface area contributed by atoms with Crippen LogP contribution in [0.5, 0.6) is 0 Å². The fourth-order valence-corrected chi connectivity index (χ4v) is 1.23. The van der Waals surface area contributed by atoms with E-state index in [1.54, 1.807) is 26.8 Å². The molecule has 1 aliphatic heterocycles. The maximum absolute atomic E-state index is 11.6. The Morgan fingerprint density at radius 1 is 1.59 bits per heavy atom. The van der Waals surface area contributed by atoms with Gasteiger partial charge in [0.05, 0.1) is 0 Å². The van der Waals surface area contributed by atoms with Crippen LogP contribution in [0.3, 0.4) is 0 Å². The molecule has 0 saturated heterocycles. The Labute approximate surface area is 100 Å². The lowest BCUT2D eigenvalue weighted by atomic mass is 10.1. The van der Waals surface area contributed by atoms with E-state index >= 15 is 0 Å². The van der Waals surface area contributed by atoms with Gasteiger partial charge in [0, 0.05) is 6.20 Å². The molecule has 0 aliphatic carbocycles. The zero-order valence-corrected chi connectivity index (χ0v) is 10.2. The van der Waals surface area contributed by atoms with Crippen molar-refractivity contribution in [3.63, 3.8) is 0 Å². The van der Waals surface area contributed by atoms with Crippen molar-refractivity contribution in [2.75, 3.05) is 0 Å². The van der Waals surface area contributed by atoms with Gasteiger partial charge in [-0.25, -0.2) is 9.59 Å². The van der Waals surface area contributed by atoms with E-state index in [9.17, 15) is 9.59 Å². The number of amides is 3. The molecule has 3 N–H and O–H groups in total. The molecular formula is C11H17N3O3. The highest BCUT2D eigenvalue weighted by Crippen LogP contribution is 2.11. The number of carbonyl (C=O) groups is 2. The van der Waals surface area contributed by atoms with Gasteiger partial charge in [-0.15, -0.1) is 0 Å². The van der Waals surface area contributed by atoms with Crippen LogP contribution < -0.4 is 16.0 Å². The number of rotatable bonds is 2. The van der Waals surface area contributed by atoms with Crippen LogP contribution in [0, 0.1) is 0 Å². The van der Waals surface area contributed by atoms with Gasteiger partial charge >= 0.3 is 12.1 Å². The van der Waals surface area contributed by atoms with E-state index in [0.29, 0.717) is 0 Å². The van der Waals surface area contributed by atoms with Crippen molar-refractivity contribution in [3.8, 4) is 0 Å². The van der Waals surface area contributed by atoms with Gasteiger partial charge in [-0.1, -0.05) is 6.58 Å². The van der Waals surface area contributed by atoms with Crippen LogP contribution in [0.1, 0.15) is 20.8 Å². The molecule has 17 heavy (non-hydrogen) atoms. The van der Waals surface area contributed by atoms with Crippen LogP contribution in [-0.4, -0.2) is 23.4 Å². The van der Waals surface area contributed by atoms with Gasteiger partial charge in [0.25, 0.3) is 0 Å². The number of nitrogens with one attached hydrogen (secondary N) is 3. The SMILES string of the molecule is C=CC1(NC(=O)OC(C)(C)C)C=CNC(=O)N1. The molecule has 1 heterocycles. The average molecular weight is 239 g/mol. The van der Waals surface area contributed by atoms with Crippen LogP contribution >= 0.6 is 0 Å². The Morgan fingerprint density at radius 3 is 2.71 bits per heavy atom. The van der Waals surface area contributed by atoms with Gasteiger partial charge in [0.15, 0.2) is 5.66 Å². The third-order valence-electron chi connectivity index (χ3n) is 1.91. The van der Waals surface area contributed by atoms with Crippen molar-refractivity contribution in [1.82, 2.24) is 16.0 Å². The molecule has 0 radical (unpaired) electrons. The summed E-state index contributed by atoms with van der Waals surface area (Å²) >= 11 is 0. The predicted octanol–water partition coefficient (Wildman–Crippen LogP) is 1.22. The van der Waals surface area contributed by atoms with E-state index in [2.05, 4.69) is 22.5 Å². The quantitative estimate of drug-likeness (QED) is 0.634. The highest BCUT2D eigenvalue weighted by atomic mass is 16.6. The molecule has 0 saturated carbocycles. The fraction of sp³-hybridized carbons (Fsp3) is 0.455. The zero-order chi connectivity index (χ0) is 13.1. The normalized spacial score (nSPS) is 23.4. The van der Waals surface area contributed by atoms with Crippen molar-refractivity contribution < 1.29 is 14.3 Å². The number of hydrogen-bond donors (Lipinski definition) is 3. The van der Waals surface area contributed by atoms with Crippen LogP contribution in [0.25, 0.3) is 0 Å². The van der Waals surface area contributed by atoms with Crippen molar-refractivity contribution in [2.24, 2.45) is 0 Å². The molecule has 1 unspecified atom stereocenters. The van der Waals surface area contributed by atoms with Crippen LogP contribution in [0.4, 0.5) is 9.59 Å². The third kappa shape index (κ3) is 3.82. The second kappa shape index (κ2) is 4.48. The van der Waals surface area contributed by atoms with Crippen LogP contribution in [0.2, 0.25) is 0 Å². The minimum atomic E-state index is -1.12. The molecule has 94 valence electrons. The lowest BCUT2D eigenvalue weighted by Gasteiger charge is -2.32. The van der Waals surface area contributed by atoms with Gasteiger partial charge in [-0.05, 0) is 32.9 Å². The van der Waals surface area contributed by atoms with E-state index in [-0.39, 0.29) is 0 Å². The first-order valence-corrected chi connectivity index (χ1v) is 5.17. The fourth-order valence-electron chi connectivity index (χ4n) is 1.23. The first-order chi connectivity index (χ1) is 7.76. The van der Waals surface area contributed by atoms with E-state index in [0.717, 1.165) is 0 Å². The monoisotopic (exact) mass is 239 g/mol. The summed E-state index contributed by atoms with van der Waals surface area (Å²) in [6.07, 6.45) is 3.76. The van der Waals surface area contributed by atoms with Gasteiger partial charge in [-0.2, -0.15) is 0 Å². The second-order valence-corrected chi connectivity index (χ2v) is 4.63. The Balaban J connectivity index is 2.73. The Kier molecular flexibility index (Phi) is 3.45. The summed E-state index contributed by atoms with van der Waals surface area (Å²) < 4.78 is 5.10.